The third kappa shape index (κ3) is 6.12. The molecule has 5 nitrogen and oxygen atoms in total. The van der Waals surface area contributed by atoms with Gasteiger partial charge in [0.1, 0.15) is 6.61 Å². The number of aryl methyl sites for hydroxylation is 2. The third-order valence-electron chi connectivity index (χ3n) is 5.66. The highest BCUT2D eigenvalue weighted by Crippen LogP contribution is 2.36. The van der Waals surface area contributed by atoms with Crippen LogP contribution in [0.1, 0.15) is 36.1 Å². The number of carbonyl (C=O) groups excluding carboxylic acids is 1. The van der Waals surface area contributed by atoms with Gasteiger partial charge in [-0.25, -0.2) is 4.99 Å². The Kier molecular flexibility index (Phi) is 8.39. The number of amidine groups is 1. The summed E-state index contributed by atoms with van der Waals surface area (Å²) >= 11 is 7.36. The van der Waals surface area contributed by atoms with Gasteiger partial charge in [-0.15, -0.1) is 0 Å². The predicted molar refractivity (Wildman–Crippen MR) is 149 cm³/mol. The smallest absolute Gasteiger partial charge is 0.266 e. The number of thioether (sulfide) groups is 1. The van der Waals surface area contributed by atoms with E-state index < -0.39 is 0 Å². The van der Waals surface area contributed by atoms with Gasteiger partial charge in [-0.05, 0) is 98.1 Å². The lowest BCUT2D eigenvalue weighted by molar-refractivity contribution is -0.122. The van der Waals surface area contributed by atoms with Crippen molar-refractivity contribution in [3.63, 3.8) is 0 Å². The summed E-state index contributed by atoms with van der Waals surface area (Å²) in [5.41, 5.74) is 4.96. The fourth-order valence-corrected chi connectivity index (χ4v) is 4.89. The van der Waals surface area contributed by atoms with Gasteiger partial charge in [0.2, 0.25) is 0 Å². The minimum Gasteiger partial charge on any atom is -0.490 e. The number of carbonyl (C=O) groups is 1. The van der Waals surface area contributed by atoms with Crippen molar-refractivity contribution in [1.29, 1.82) is 0 Å². The Bertz CT molecular complexity index is 1320. The molecule has 1 aliphatic rings. The number of ether oxygens (including phenoxy) is 2. The monoisotopic (exact) mass is 520 g/mol. The van der Waals surface area contributed by atoms with Crippen molar-refractivity contribution in [2.24, 2.45) is 4.99 Å². The van der Waals surface area contributed by atoms with Crippen LogP contribution in [0.3, 0.4) is 0 Å². The number of aliphatic imine (C=N–C) groups is 1. The molecular weight excluding hydrogens is 492 g/mol. The zero-order valence-electron chi connectivity index (χ0n) is 20.9. The van der Waals surface area contributed by atoms with Gasteiger partial charge in [0.15, 0.2) is 16.7 Å². The molecule has 186 valence electrons. The number of hydrogen-bond acceptors (Lipinski definition) is 5. The highest BCUT2D eigenvalue weighted by Gasteiger charge is 2.32. The minimum atomic E-state index is -0.0485. The number of halogens is 1. The Labute approximate surface area is 221 Å². The van der Waals surface area contributed by atoms with E-state index in [1.54, 1.807) is 4.90 Å². The largest absolute Gasteiger partial charge is 0.490 e. The van der Waals surface area contributed by atoms with Gasteiger partial charge in [0, 0.05) is 11.6 Å². The second kappa shape index (κ2) is 11.7. The molecule has 0 radical (unpaired) electrons. The molecule has 0 aliphatic carbocycles. The number of amides is 1. The minimum absolute atomic E-state index is 0.0485. The lowest BCUT2D eigenvalue weighted by Gasteiger charge is -2.13. The normalized spacial score (nSPS) is 15.7. The molecule has 4 rings (SSSR count). The Morgan fingerprint density at radius 1 is 0.972 bits per heavy atom. The third-order valence-corrected chi connectivity index (χ3v) is 6.92. The molecule has 0 N–H and O–H groups in total. The summed E-state index contributed by atoms with van der Waals surface area (Å²) in [5, 5.41) is 1.38. The first-order valence-corrected chi connectivity index (χ1v) is 13.1. The van der Waals surface area contributed by atoms with Gasteiger partial charge in [-0.2, -0.15) is 0 Å². The van der Waals surface area contributed by atoms with E-state index in [9.17, 15) is 4.79 Å². The average Bonchev–Trinajstić information content (AvgIpc) is 3.15. The molecule has 1 saturated heterocycles. The van der Waals surface area contributed by atoms with Gasteiger partial charge in [0.05, 0.1) is 17.2 Å². The van der Waals surface area contributed by atoms with Crippen LogP contribution in [0, 0.1) is 13.8 Å². The maximum atomic E-state index is 13.1. The highest BCUT2D eigenvalue weighted by atomic mass is 35.5. The second-order valence-corrected chi connectivity index (χ2v) is 9.84. The van der Waals surface area contributed by atoms with Crippen molar-refractivity contribution in [2.75, 3.05) is 13.2 Å². The van der Waals surface area contributed by atoms with Crippen LogP contribution >= 0.6 is 23.4 Å². The molecule has 0 spiro atoms. The van der Waals surface area contributed by atoms with Gasteiger partial charge in [0.25, 0.3) is 5.91 Å². The van der Waals surface area contributed by atoms with E-state index in [2.05, 4.69) is 12.1 Å². The standard InChI is InChI=1S/C29H29ClN2O3S/c1-5-32-28(33)27(36-29(32)31-24-15-19(3)7-8-20(24)4)17-22-11-14-25(26(16-22)34-6-2)35-18-21-9-12-23(30)13-10-21/h7-17H,5-6,18H2,1-4H3/b27-17+,31-29?. The maximum absolute atomic E-state index is 13.1. The Morgan fingerprint density at radius 2 is 1.75 bits per heavy atom. The van der Waals surface area contributed by atoms with Crippen molar-refractivity contribution in [3.05, 3.63) is 92.8 Å². The molecule has 1 fully saturated rings. The first-order valence-electron chi connectivity index (χ1n) is 11.9. The van der Waals surface area contributed by atoms with Crippen molar-refractivity contribution in [3.8, 4) is 11.5 Å². The molecular formula is C29H29ClN2O3S. The van der Waals surface area contributed by atoms with Crippen molar-refractivity contribution in [2.45, 2.75) is 34.3 Å². The summed E-state index contributed by atoms with van der Waals surface area (Å²) in [6.07, 6.45) is 1.88. The van der Waals surface area contributed by atoms with E-state index in [4.69, 9.17) is 26.1 Å². The van der Waals surface area contributed by atoms with Gasteiger partial charge < -0.3 is 9.47 Å². The summed E-state index contributed by atoms with van der Waals surface area (Å²) in [4.78, 5) is 20.3. The number of hydrogen-bond donors (Lipinski definition) is 0. The topological polar surface area (TPSA) is 51.1 Å². The van der Waals surface area contributed by atoms with Crippen LogP contribution in [-0.4, -0.2) is 29.1 Å². The molecule has 0 unspecified atom stereocenters. The fraction of sp³-hybridized carbons (Fsp3) is 0.241. The summed E-state index contributed by atoms with van der Waals surface area (Å²) in [6.45, 7) is 9.40. The highest BCUT2D eigenvalue weighted by molar-refractivity contribution is 8.18. The van der Waals surface area contributed by atoms with Crippen molar-refractivity contribution >= 4 is 46.2 Å². The lowest BCUT2D eigenvalue weighted by Crippen LogP contribution is -2.28. The van der Waals surface area contributed by atoms with E-state index in [0.29, 0.717) is 46.4 Å². The van der Waals surface area contributed by atoms with Gasteiger partial charge >= 0.3 is 0 Å². The summed E-state index contributed by atoms with van der Waals surface area (Å²) in [6, 6.07) is 19.4. The average molecular weight is 521 g/mol. The van der Waals surface area contributed by atoms with Crippen molar-refractivity contribution in [1.82, 2.24) is 4.90 Å². The Hall–Kier alpha value is -3.22. The molecule has 36 heavy (non-hydrogen) atoms. The van der Waals surface area contributed by atoms with Crippen LogP contribution < -0.4 is 9.47 Å². The van der Waals surface area contributed by atoms with E-state index >= 15 is 0 Å². The summed E-state index contributed by atoms with van der Waals surface area (Å²) in [5.74, 6) is 1.23. The molecule has 3 aromatic rings. The van der Waals surface area contributed by atoms with Gasteiger partial charge in [-0.3, -0.25) is 9.69 Å². The predicted octanol–water partition coefficient (Wildman–Crippen LogP) is 7.56. The quantitative estimate of drug-likeness (QED) is 0.287. The molecule has 3 aromatic carbocycles. The molecule has 1 heterocycles. The number of likely N-dealkylation sites (N-methyl/N-ethyl adjacent to an activating group) is 1. The van der Waals surface area contributed by atoms with E-state index in [-0.39, 0.29) is 5.91 Å². The fourth-order valence-electron chi connectivity index (χ4n) is 3.71. The van der Waals surface area contributed by atoms with E-state index in [0.717, 1.165) is 27.9 Å². The van der Waals surface area contributed by atoms with Crippen LogP contribution in [0.4, 0.5) is 5.69 Å². The second-order valence-electron chi connectivity index (χ2n) is 8.40. The van der Waals surface area contributed by atoms with Gasteiger partial charge in [-0.1, -0.05) is 41.9 Å². The molecule has 1 amide bonds. The molecule has 0 aromatic heterocycles. The van der Waals surface area contributed by atoms with Crippen LogP contribution in [0.25, 0.3) is 6.08 Å². The van der Waals surface area contributed by atoms with Crippen LogP contribution in [-0.2, 0) is 11.4 Å². The molecule has 0 saturated carbocycles. The zero-order chi connectivity index (χ0) is 25.7. The molecule has 0 bridgehead atoms. The first-order chi connectivity index (χ1) is 17.4. The zero-order valence-corrected chi connectivity index (χ0v) is 22.4. The van der Waals surface area contributed by atoms with E-state index in [1.807, 2.05) is 82.3 Å². The van der Waals surface area contributed by atoms with E-state index in [1.165, 1.54) is 11.8 Å². The van der Waals surface area contributed by atoms with Crippen molar-refractivity contribution < 1.29 is 14.3 Å². The number of nitrogens with zero attached hydrogens (tertiary/aromatic N) is 2. The summed E-state index contributed by atoms with van der Waals surface area (Å²) in [7, 11) is 0. The molecule has 1 aliphatic heterocycles. The maximum Gasteiger partial charge on any atom is 0.266 e. The molecule has 0 atom stereocenters. The first kappa shape index (κ1) is 25.9. The summed E-state index contributed by atoms with van der Waals surface area (Å²) < 4.78 is 11.9. The van der Waals surface area contributed by atoms with Crippen LogP contribution in [0.2, 0.25) is 5.02 Å². The SMILES string of the molecule is CCOc1cc(/C=C2/SC(=Nc3cc(C)ccc3C)N(CC)C2=O)ccc1OCc1ccc(Cl)cc1. The van der Waals surface area contributed by atoms with Crippen LogP contribution in [0.5, 0.6) is 11.5 Å². The molecule has 7 heteroatoms. The number of rotatable bonds is 8. The number of benzene rings is 3. The lowest BCUT2D eigenvalue weighted by atomic mass is 10.1. The van der Waals surface area contributed by atoms with Crippen LogP contribution in [0.15, 0.2) is 70.6 Å². The Balaban J connectivity index is 1.58. The Morgan fingerprint density at radius 3 is 2.47 bits per heavy atom.